The maximum Gasteiger partial charge on any atom is 0.271 e. The van der Waals surface area contributed by atoms with Gasteiger partial charge in [0.2, 0.25) is 0 Å². The molecule has 5 nitrogen and oxygen atoms in total. The molecule has 2 aromatic heterocycles. The van der Waals surface area contributed by atoms with E-state index in [4.69, 9.17) is 11.6 Å². The Labute approximate surface area is 114 Å². The van der Waals surface area contributed by atoms with Gasteiger partial charge in [-0.25, -0.2) is 4.98 Å². The summed E-state index contributed by atoms with van der Waals surface area (Å²) in [6.07, 6.45) is 2.36. The van der Waals surface area contributed by atoms with Gasteiger partial charge in [-0.3, -0.25) is 9.48 Å². The van der Waals surface area contributed by atoms with Gasteiger partial charge in [0, 0.05) is 12.4 Å². The summed E-state index contributed by atoms with van der Waals surface area (Å²) < 4.78 is 1.45. The van der Waals surface area contributed by atoms with Crippen LogP contribution in [0.15, 0.2) is 11.6 Å². The van der Waals surface area contributed by atoms with Crippen molar-refractivity contribution in [2.45, 2.75) is 19.9 Å². The predicted molar refractivity (Wildman–Crippen MR) is 70.9 cm³/mol. The number of carbonyl (C=O) groups is 1. The van der Waals surface area contributed by atoms with E-state index in [-0.39, 0.29) is 5.91 Å². The SMILES string of the molecule is CCc1nc(CNC(=O)c2c(Cl)cnn2C)cs1. The van der Waals surface area contributed by atoms with Crippen molar-refractivity contribution >= 4 is 28.8 Å². The summed E-state index contributed by atoms with van der Waals surface area (Å²) in [6, 6.07) is 0. The first-order valence-electron chi connectivity index (χ1n) is 5.50. The van der Waals surface area contributed by atoms with Crippen LogP contribution in [0.3, 0.4) is 0 Å². The summed E-state index contributed by atoms with van der Waals surface area (Å²) in [5.41, 5.74) is 1.23. The van der Waals surface area contributed by atoms with Crippen molar-refractivity contribution in [2.75, 3.05) is 0 Å². The molecule has 2 aromatic rings. The highest BCUT2D eigenvalue weighted by Crippen LogP contribution is 2.14. The molecule has 1 N–H and O–H groups in total. The number of hydrogen-bond donors (Lipinski definition) is 1. The topological polar surface area (TPSA) is 59.8 Å². The van der Waals surface area contributed by atoms with Gasteiger partial charge < -0.3 is 5.32 Å². The first-order chi connectivity index (χ1) is 8.61. The van der Waals surface area contributed by atoms with Gasteiger partial charge in [0.1, 0.15) is 5.69 Å². The normalized spacial score (nSPS) is 10.6. The van der Waals surface area contributed by atoms with E-state index < -0.39 is 0 Å². The molecule has 2 heterocycles. The Morgan fingerprint density at radius 1 is 1.61 bits per heavy atom. The number of hydrogen-bond acceptors (Lipinski definition) is 4. The molecule has 18 heavy (non-hydrogen) atoms. The summed E-state index contributed by atoms with van der Waals surface area (Å²) in [6.45, 7) is 2.45. The average molecular weight is 285 g/mol. The van der Waals surface area contributed by atoms with Crippen LogP contribution in [-0.4, -0.2) is 20.7 Å². The van der Waals surface area contributed by atoms with Crippen molar-refractivity contribution in [3.05, 3.63) is 33.0 Å². The molecule has 7 heteroatoms. The lowest BCUT2D eigenvalue weighted by molar-refractivity contribution is 0.0941. The highest BCUT2D eigenvalue weighted by molar-refractivity contribution is 7.09. The van der Waals surface area contributed by atoms with E-state index in [1.54, 1.807) is 18.4 Å². The van der Waals surface area contributed by atoms with E-state index in [2.05, 4.69) is 22.3 Å². The smallest absolute Gasteiger partial charge is 0.271 e. The molecule has 1 amide bonds. The molecule has 0 bridgehead atoms. The molecule has 0 aliphatic rings. The monoisotopic (exact) mass is 284 g/mol. The lowest BCUT2D eigenvalue weighted by Gasteiger charge is -2.04. The Kier molecular flexibility index (Phi) is 3.98. The van der Waals surface area contributed by atoms with Crippen molar-refractivity contribution in [3.8, 4) is 0 Å². The summed E-state index contributed by atoms with van der Waals surface area (Å²) in [4.78, 5) is 16.3. The molecule has 0 aliphatic carbocycles. The fraction of sp³-hybridized carbons (Fsp3) is 0.364. The average Bonchev–Trinajstić information content (AvgIpc) is 2.93. The van der Waals surface area contributed by atoms with Crippen LogP contribution in [0.4, 0.5) is 0 Å². The zero-order valence-electron chi connectivity index (χ0n) is 10.1. The first-order valence-corrected chi connectivity index (χ1v) is 6.76. The minimum atomic E-state index is -0.244. The zero-order chi connectivity index (χ0) is 13.1. The third-order valence-electron chi connectivity index (χ3n) is 2.44. The minimum absolute atomic E-state index is 0.244. The highest BCUT2D eigenvalue weighted by Gasteiger charge is 2.15. The Morgan fingerprint density at radius 2 is 2.39 bits per heavy atom. The van der Waals surface area contributed by atoms with Gasteiger partial charge in [0.25, 0.3) is 5.91 Å². The van der Waals surface area contributed by atoms with Crippen LogP contribution in [0.5, 0.6) is 0 Å². The maximum atomic E-state index is 11.9. The van der Waals surface area contributed by atoms with Crippen molar-refractivity contribution < 1.29 is 4.79 Å². The predicted octanol–water partition coefficient (Wildman–Crippen LogP) is 2.02. The van der Waals surface area contributed by atoms with Gasteiger partial charge in [-0.15, -0.1) is 11.3 Å². The van der Waals surface area contributed by atoms with E-state index in [9.17, 15) is 4.79 Å². The molecule has 96 valence electrons. The Hall–Kier alpha value is -1.40. The third-order valence-corrected chi connectivity index (χ3v) is 3.76. The quantitative estimate of drug-likeness (QED) is 0.934. The fourth-order valence-electron chi connectivity index (χ4n) is 1.51. The van der Waals surface area contributed by atoms with Gasteiger partial charge in [0.05, 0.1) is 28.5 Å². The van der Waals surface area contributed by atoms with Gasteiger partial charge in [-0.05, 0) is 6.42 Å². The van der Waals surface area contributed by atoms with Crippen molar-refractivity contribution in [1.82, 2.24) is 20.1 Å². The zero-order valence-corrected chi connectivity index (χ0v) is 11.7. The number of nitrogens with zero attached hydrogens (tertiary/aromatic N) is 3. The van der Waals surface area contributed by atoms with E-state index >= 15 is 0 Å². The molecule has 0 aliphatic heterocycles. The molecule has 0 aromatic carbocycles. The summed E-state index contributed by atoms with van der Waals surface area (Å²) in [7, 11) is 1.68. The highest BCUT2D eigenvalue weighted by atomic mass is 35.5. The lowest BCUT2D eigenvalue weighted by Crippen LogP contribution is -2.25. The van der Waals surface area contributed by atoms with Gasteiger partial charge >= 0.3 is 0 Å². The second-order valence-electron chi connectivity index (χ2n) is 3.73. The molecular formula is C11H13ClN4OS. The summed E-state index contributed by atoms with van der Waals surface area (Å²) >= 11 is 7.49. The second kappa shape index (κ2) is 5.49. The Morgan fingerprint density at radius 3 is 2.94 bits per heavy atom. The molecule has 0 radical (unpaired) electrons. The molecule has 0 atom stereocenters. The van der Waals surface area contributed by atoms with Crippen molar-refractivity contribution in [3.63, 3.8) is 0 Å². The van der Waals surface area contributed by atoms with Crippen LogP contribution < -0.4 is 5.32 Å². The molecule has 0 spiro atoms. The maximum absolute atomic E-state index is 11.9. The Balaban J connectivity index is 2.00. The first kappa shape index (κ1) is 13.0. The number of amides is 1. The van der Waals surface area contributed by atoms with Crippen LogP contribution in [0.1, 0.15) is 28.1 Å². The second-order valence-corrected chi connectivity index (χ2v) is 5.08. The van der Waals surface area contributed by atoms with E-state index in [0.717, 1.165) is 17.1 Å². The van der Waals surface area contributed by atoms with Crippen molar-refractivity contribution in [1.29, 1.82) is 0 Å². The van der Waals surface area contributed by atoms with Gasteiger partial charge in [0.15, 0.2) is 0 Å². The number of aryl methyl sites for hydroxylation is 2. The van der Waals surface area contributed by atoms with E-state index in [0.29, 0.717) is 17.3 Å². The fourth-order valence-corrected chi connectivity index (χ4v) is 2.51. The molecule has 2 rings (SSSR count). The summed E-state index contributed by atoms with van der Waals surface area (Å²) in [5, 5.41) is 10.1. The van der Waals surface area contributed by atoms with Crippen LogP contribution in [-0.2, 0) is 20.0 Å². The number of rotatable bonds is 4. The largest absolute Gasteiger partial charge is 0.345 e. The molecular weight excluding hydrogens is 272 g/mol. The summed E-state index contributed by atoms with van der Waals surface area (Å²) in [5.74, 6) is -0.244. The number of nitrogens with one attached hydrogen (secondary N) is 1. The number of halogens is 1. The molecule has 0 unspecified atom stereocenters. The molecule has 0 saturated carbocycles. The van der Waals surface area contributed by atoms with E-state index in [1.807, 2.05) is 5.38 Å². The third kappa shape index (κ3) is 2.70. The Bertz CT molecular complexity index is 544. The van der Waals surface area contributed by atoms with Crippen LogP contribution in [0, 0.1) is 0 Å². The number of thiazole rings is 1. The van der Waals surface area contributed by atoms with Crippen LogP contribution in [0.2, 0.25) is 5.02 Å². The molecule has 0 saturated heterocycles. The van der Waals surface area contributed by atoms with Crippen molar-refractivity contribution in [2.24, 2.45) is 7.05 Å². The van der Waals surface area contributed by atoms with Crippen LogP contribution in [0.25, 0.3) is 0 Å². The van der Waals surface area contributed by atoms with E-state index in [1.165, 1.54) is 10.9 Å². The number of aromatic nitrogens is 3. The van der Waals surface area contributed by atoms with Gasteiger partial charge in [-0.2, -0.15) is 5.10 Å². The van der Waals surface area contributed by atoms with Gasteiger partial charge in [-0.1, -0.05) is 18.5 Å². The standard InChI is InChI=1S/C11H13ClN4OS/c1-3-9-15-7(6-18-9)4-13-11(17)10-8(12)5-14-16(10)2/h5-6H,3-4H2,1-2H3,(H,13,17). The minimum Gasteiger partial charge on any atom is -0.345 e. The lowest BCUT2D eigenvalue weighted by atomic mass is 10.4. The number of carbonyl (C=O) groups excluding carboxylic acids is 1. The molecule has 0 fully saturated rings. The van der Waals surface area contributed by atoms with Crippen LogP contribution >= 0.6 is 22.9 Å².